The number of ether oxygens (including phenoxy) is 1. The van der Waals surface area contributed by atoms with Crippen molar-refractivity contribution < 1.29 is 17.9 Å². The van der Waals surface area contributed by atoms with Crippen molar-refractivity contribution in [2.45, 2.75) is 57.8 Å². The molecule has 0 bridgehead atoms. The first kappa shape index (κ1) is 23.8. The summed E-state index contributed by atoms with van der Waals surface area (Å²) >= 11 is 1.49. The number of morpholine rings is 1. The third kappa shape index (κ3) is 4.96. The van der Waals surface area contributed by atoms with Crippen LogP contribution in [0.5, 0.6) is 0 Å². The van der Waals surface area contributed by atoms with Crippen molar-refractivity contribution >= 4 is 37.5 Å². The smallest absolute Gasteiger partial charge is 0.279 e. The molecule has 176 valence electrons. The first-order valence-corrected chi connectivity index (χ1v) is 13.4. The molecule has 0 radical (unpaired) electrons. The van der Waals surface area contributed by atoms with Gasteiger partial charge in [0.05, 0.1) is 27.3 Å². The highest BCUT2D eigenvalue weighted by Crippen LogP contribution is 2.22. The van der Waals surface area contributed by atoms with Gasteiger partial charge in [0.2, 0.25) is 10.0 Å². The maximum absolute atomic E-state index is 13.1. The normalized spacial score (nSPS) is 20.4. The zero-order valence-corrected chi connectivity index (χ0v) is 20.9. The molecule has 2 aromatic carbocycles. The van der Waals surface area contributed by atoms with Crippen LogP contribution in [-0.2, 0) is 21.3 Å². The lowest BCUT2D eigenvalue weighted by Crippen LogP contribution is -2.48. The van der Waals surface area contributed by atoms with Gasteiger partial charge in [0.15, 0.2) is 4.80 Å². The van der Waals surface area contributed by atoms with E-state index in [0.29, 0.717) is 23.5 Å². The van der Waals surface area contributed by atoms with Gasteiger partial charge in [-0.3, -0.25) is 4.79 Å². The second-order valence-electron chi connectivity index (χ2n) is 8.53. The molecule has 0 saturated carbocycles. The van der Waals surface area contributed by atoms with E-state index >= 15 is 0 Å². The SMILES string of the molecule is CCCn1c(=NC(=O)c2ccc(S(=O)(=O)N3CC(C)OC(C)C3)cc2)sc2cc(C)ccc21. The predicted molar refractivity (Wildman–Crippen MR) is 130 cm³/mol. The van der Waals surface area contributed by atoms with Crippen LogP contribution < -0.4 is 4.80 Å². The quantitative estimate of drug-likeness (QED) is 0.546. The zero-order valence-electron chi connectivity index (χ0n) is 19.3. The Bertz CT molecular complexity index is 1330. The van der Waals surface area contributed by atoms with E-state index in [1.54, 1.807) is 0 Å². The third-order valence-electron chi connectivity index (χ3n) is 5.61. The molecule has 0 N–H and O–H groups in total. The molecule has 0 spiro atoms. The van der Waals surface area contributed by atoms with Crippen molar-refractivity contribution in [1.82, 2.24) is 8.87 Å². The topological polar surface area (TPSA) is 81.0 Å². The van der Waals surface area contributed by atoms with Crippen molar-refractivity contribution in [3.05, 3.63) is 58.4 Å². The summed E-state index contributed by atoms with van der Waals surface area (Å²) in [6.45, 7) is 9.24. The molecule has 0 aliphatic carbocycles. The summed E-state index contributed by atoms with van der Waals surface area (Å²) in [5, 5.41) is 0. The molecule has 3 aromatic rings. The molecular formula is C24H29N3O4S2. The molecule has 2 unspecified atom stereocenters. The summed E-state index contributed by atoms with van der Waals surface area (Å²) in [6.07, 6.45) is 0.595. The number of amides is 1. The lowest BCUT2D eigenvalue weighted by Gasteiger charge is -2.34. The molecule has 7 nitrogen and oxygen atoms in total. The number of rotatable bonds is 5. The summed E-state index contributed by atoms with van der Waals surface area (Å²) < 4.78 is 36.4. The second kappa shape index (κ2) is 9.50. The van der Waals surface area contributed by atoms with Crippen LogP contribution in [0.3, 0.4) is 0 Å². The molecule has 1 saturated heterocycles. The second-order valence-corrected chi connectivity index (χ2v) is 11.5. The standard InChI is InChI=1S/C24H29N3O4S2/c1-5-12-27-21-11-6-16(2)13-22(21)32-24(27)25-23(28)19-7-9-20(10-8-19)33(29,30)26-14-17(3)31-18(4)15-26/h6-11,13,17-18H,5,12,14-15H2,1-4H3. The summed E-state index contributed by atoms with van der Waals surface area (Å²) in [4.78, 5) is 18.1. The van der Waals surface area contributed by atoms with Gasteiger partial charge in [-0.05, 0) is 69.2 Å². The van der Waals surface area contributed by atoms with Crippen LogP contribution in [0.15, 0.2) is 52.4 Å². The number of sulfonamides is 1. The fourth-order valence-electron chi connectivity index (χ4n) is 4.10. The average molecular weight is 488 g/mol. The Balaban J connectivity index is 1.63. The van der Waals surface area contributed by atoms with Gasteiger partial charge in [0, 0.05) is 25.2 Å². The number of hydrogen-bond acceptors (Lipinski definition) is 5. The summed E-state index contributed by atoms with van der Waals surface area (Å²) in [6, 6.07) is 12.3. The number of benzene rings is 2. The van der Waals surface area contributed by atoms with Crippen molar-refractivity contribution in [2.75, 3.05) is 13.1 Å². The number of carbonyl (C=O) groups is 1. The third-order valence-corrected chi connectivity index (χ3v) is 8.49. The Kier molecular flexibility index (Phi) is 6.86. The van der Waals surface area contributed by atoms with E-state index in [1.807, 2.05) is 20.8 Å². The molecule has 1 fully saturated rings. The molecule has 1 amide bonds. The minimum Gasteiger partial charge on any atom is -0.373 e. The van der Waals surface area contributed by atoms with E-state index in [9.17, 15) is 13.2 Å². The van der Waals surface area contributed by atoms with E-state index in [2.05, 4.69) is 34.7 Å². The van der Waals surface area contributed by atoms with E-state index < -0.39 is 10.0 Å². The summed E-state index contributed by atoms with van der Waals surface area (Å²) in [5.74, 6) is -0.388. The Labute approximate surface area is 198 Å². The van der Waals surface area contributed by atoms with E-state index in [4.69, 9.17) is 4.74 Å². The van der Waals surface area contributed by atoms with Crippen LogP contribution in [0.2, 0.25) is 0 Å². The molecule has 2 atom stereocenters. The minimum absolute atomic E-state index is 0.164. The van der Waals surface area contributed by atoms with Crippen LogP contribution in [0.1, 0.15) is 43.1 Å². The van der Waals surface area contributed by atoms with Crippen LogP contribution >= 0.6 is 11.3 Å². The maximum Gasteiger partial charge on any atom is 0.279 e. The maximum atomic E-state index is 13.1. The van der Waals surface area contributed by atoms with Gasteiger partial charge in [0.25, 0.3) is 5.91 Å². The van der Waals surface area contributed by atoms with E-state index in [0.717, 1.165) is 28.7 Å². The fourth-order valence-corrected chi connectivity index (χ4v) is 6.85. The van der Waals surface area contributed by atoms with E-state index in [1.165, 1.54) is 39.9 Å². The number of fused-ring (bicyclic) bond motifs is 1. The van der Waals surface area contributed by atoms with Gasteiger partial charge < -0.3 is 9.30 Å². The lowest BCUT2D eigenvalue weighted by molar-refractivity contribution is -0.0440. The Morgan fingerprint density at radius 2 is 1.79 bits per heavy atom. The average Bonchev–Trinajstić information content (AvgIpc) is 3.09. The summed E-state index contributed by atoms with van der Waals surface area (Å²) in [7, 11) is -3.66. The van der Waals surface area contributed by atoms with Crippen LogP contribution in [-0.4, -0.2) is 48.5 Å². The Morgan fingerprint density at radius 1 is 1.12 bits per heavy atom. The van der Waals surface area contributed by atoms with Crippen LogP contribution in [0.25, 0.3) is 10.2 Å². The number of thiazole rings is 1. The van der Waals surface area contributed by atoms with Crippen molar-refractivity contribution in [3.8, 4) is 0 Å². The van der Waals surface area contributed by atoms with Crippen LogP contribution in [0.4, 0.5) is 0 Å². The zero-order chi connectivity index (χ0) is 23.8. The molecule has 4 rings (SSSR count). The molecule has 2 heterocycles. The molecule has 33 heavy (non-hydrogen) atoms. The van der Waals surface area contributed by atoms with Gasteiger partial charge in [-0.15, -0.1) is 0 Å². The lowest BCUT2D eigenvalue weighted by atomic mass is 10.2. The Morgan fingerprint density at radius 3 is 2.42 bits per heavy atom. The van der Waals surface area contributed by atoms with Gasteiger partial charge in [-0.2, -0.15) is 9.30 Å². The number of nitrogens with zero attached hydrogens (tertiary/aromatic N) is 3. The van der Waals surface area contributed by atoms with Crippen molar-refractivity contribution in [1.29, 1.82) is 0 Å². The molecule has 1 aliphatic rings. The first-order chi connectivity index (χ1) is 15.7. The molecule has 9 heteroatoms. The van der Waals surface area contributed by atoms with Gasteiger partial charge >= 0.3 is 0 Å². The highest BCUT2D eigenvalue weighted by Gasteiger charge is 2.32. The number of carbonyl (C=O) groups excluding carboxylic acids is 1. The van der Waals surface area contributed by atoms with E-state index in [-0.39, 0.29) is 23.0 Å². The van der Waals surface area contributed by atoms with Crippen molar-refractivity contribution in [3.63, 3.8) is 0 Å². The molecule has 1 aromatic heterocycles. The Hall–Kier alpha value is -2.33. The van der Waals surface area contributed by atoms with Gasteiger partial charge in [0.1, 0.15) is 0 Å². The fraction of sp³-hybridized carbons (Fsp3) is 0.417. The monoisotopic (exact) mass is 487 g/mol. The van der Waals surface area contributed by atoms with Crippen LogP contribution in [0, 0.1) is 6.92 Å². The van der Waals surface area contributed by atoms with Crippen molar-refractivity contribution in [2.24, 2.45) is 4.99 Å². The van der Waals surface area contributed by atoms with Gasteiger partial charge in [-0.25, -0.2) is 8.42 Å². The molecule has 1 aliphatic heterocycles. The molecular weight excluding hydrogens is 458 g/mol. The number of aryl methyl sites for hydroxylation is 2. The number of aromatic nitrogens is 1. The predicted octanol–water partition coefficient (Wildman–Crippen LogP) is 3.96. The minimum atomic E-state index is -3.66. The summed E-state index contributed by atoms with van der Waals surface area (Å²) in [5.41, 5.74) is 2.58. The van der Waals surface area contributed by atoms with Gasteiger partial charge in [-0.1, -0.05) is 24.3 Å². The highest BCUT2D eigenvalue weighted by atomic mass is 32.2. The number of hydrogen-bond donors (Lipinski definition) is 0. The highest BCUT2D eigenvalue weighted by molar-refractivity contribution is 7.89. The first-order valence-electron chi connectivity index (χ1n) is 11.1. The largest absolute Gasteiger partial charge is 0.373 e.